The van der Waals surface area contributed by atoms with Gasteiger partial charge < -0.3 is 4.90 Å². The molecule has 1 fully saturated rings. The number of rotatable bonds is 3. The predicted octanol–water partition coefficient (Wildman–Crippen LogP) is 2.68. The van der Waals surface area contributed by atoms with Crippen molar-refractivity contribution in [2.24, 2.45) is 11.8 Å². The van der Waals surface area contributed by atoms with Gasteiger partial charge in [0.05, 0.1) is 0 Å². The first-order valence-corrected chi connectivity index (χ1v) is 5.89. The largest absolute Gasteiger partial charge is 0.343 e. The summed E-state index contributed by atoms with van der Waals surface area (Å²) in [4.78, 5) is 13.2. The van der Waals surface area contributed by atoms with Crippen LogP contribution >= 0.6 is 0 Å². The number of nitrogens with zero attached hydrogens (tertiary/aromatic N) is 1. The lowest BCUT2D eigenvalue weighted by Gasteiger charge is -2.33. The highest BCUT2D eigenvalue weighted by molar-refractivity contribution is 5.73. The molecule has 0 aromatic rings. The Kier molecular flexibility index (Phi) is 4.43. The molecule has 1 aliphatic rings. The van der Waals surface area contributed by atoms with Gasteiger partial charge in [0.25, 0.3) is 0 Å². The summed E-state index contributed by atoms with van der Waals surface area (Å²) in [6.45, 7) is 8.22. The van der Waals surface area contributed by atoms with E-state index in [0.717, 1.165) is 24.9 Å². The lowest BCUT2D eigenvalue weighted by molar-refractivity contribution is -0.130. The Morgan fingerprint density at radius 3 is 2.86 bits per heavy atom. The molecule has 0 unspecified atom stereocenters. The fraction of sp³-hybridized carbons (Fsp3) is 0.917. The maximum atomic E-state index is 11.2. The first-order valence-electron chi connectivity index (χ1n) is 5.89. The number of likely N-dealkylation sites (tertiary alicyclic amines) is 1. The smallest absolute Gasteiger partial charge is 0.219 e. The van der Waals surface area contributed by atoms with Crippen molar-refractivity contribution in [2.45, 2.75) is 46.5 Å². The van der Waals surface area contributed by atoms with Gasteiger partial charge in [-0.2, -0.15) is 0 Å². The second-order valence-corrected chi connectivity index (χ2v) is 4.72. The first kappa shape index (κ1) is 11.5. The average Bonchev–Trinajstić information content (AvgIpc) is 2.18. The Hall–Kier alpha value is -0.530. The third kappa shape index (κ3) is 3.32. The minimum atomic E-state index is 0.249. The highest BCUT2D eigenvalue weighted by Crippen LogP contribution is 2.24. The topological polar surface area (TPSA) is 20.3 Å². The molecule has 0 spiro atoms. The van der Waals surface area contributed by atoms with Gasteiger partial charge >= 0.3 is 0 Å². The van der Waals surface area contributed by atoms with Gasteiger partial charge in [0.1, 0.15) is 0 Å². The van der Waals surface area contributed by atoms with E-state index >= 15 is 0 Å². The highest BCUT2D eigenvalue weighted by atomic mass is 16.2. The summed E-state index contributed by atoms with van der Waals surface area (Å²) in [6.07, 6.45) is 5.06. The van der Waals surface area contributed by atoms with Gasteiger partial charge in [-0.15, -0.1) is 0 Å². The van der Waals surface area contributed by atoms with E-state index in [4.69, 9.17) is 0 Å². The van der Waals surface area contributed by atoms with Crippen molar-refractivity contribution in [2.75, 3.05) is 13.1 Å². The molecule has 0 aliphatic carbocycles. The molecular weight excluding hydrogens is 174 g/mol. The monoisotopic (exact) mass is 197 g/mol. The molecule has 2 nitrogen and oxygen atoms in total. The van der Waals surface area contributed by atoms with Crippen molar-refractivity contribution >= 4 is 5.91 Å². The standard InChI is InChI=1S/C12H23NO/c1-4-10(2)8-12-6-5-7-13(9-12)11(3)14/h10,12H,4-9H2,1-3H3/t10-,12+/m0/s1. The first-order chi connectivity index (χ1) is 6.63. The number of amides is 1. The Morgan fingerprint density at radius 1 is 1.57 bits per heavy atom. The van der Waals surface area contributed by atoms with Crippen LogP contribution in [0.4, 0.5) is 0 Å². The van der Waals surface area contributed by atoms with Crippen molar-refractivity contribution in [3.8, 4) is 0 Å². The zero-order valence-corrected chi connectivity index (χ0v) is 9.75. The number of hydrogen-bond acceptors (Lipinski definition) is 1. The third-order valence-corrected chi connectivity index (χ3v) is 3.40. The summed E-state index contributed by atoms with van der Waals surface area (Å²) < 4.78 is 0. The lowest BCUT2D eigenvalue weighted by atomic mass is 9.88. The maximum absolute atomic E-state index is 11.2. The van der Waals surface area contributed by atoms with E-state index in [1.165, 1.54) is 25.7 Å². The van der Waals surface area contributed by atoms with Crippen molar-refractivity contribution in [1.82, 2.24) is 4.90 Å². The number of hydrogen-bond donors (Lipinski definition) is 0. The SMILES string of the molecule is CC[C@H](C)C[C@H]1CCCN(C(C)=O)C1. The van der Waals surface area contributed by atoms with Crippen LogP contribution in [-0.4, -0.2) is 23.9 Å². The van der Waals surface area contributed by atoms with Crippen LogP contribution in [0.1, 0.15) is 46.5 Å². The van der Waals surface area contributed by atoms with Crippen molar-refractivity contribution in [3.63, 3.8) is 0 Å². The Balaban J connectivity index is 2.36. The fourth-order valence-corrected chi connectivity index (χ4v) is 2.28. The fourth-order valence-electron chi connectivity index (χ4n) is 2.28. The molecule has 1 rings (SSSR count). The van der Waals surface area contributed by atoms with Gasteiger partial charge in [0.2, 0.25) is 5.91 Å². The molecule has 0 aromatic heterocycles. The highest BCUT2D eigenvalue weighted by Gasteiger charge is 2.22. The van der Waals surface area contributed by atoms with Gasteiger partial charge in [0.15, 0.2) is 0 Å². The summed E-state index contributed by atoms with van der Waals surface area (Å²) in [5.74, 6) is 1.81. The molecule has 0 aromatic carbocycles. The molecule has 1 saturated heterocycles. The minimum absolute atomic E-state index is 0.249. The summed E-state index contributed by atoms with van der Waals surface area (Å²) in [6, 6.07) is 0. The van der Waals surface area contributed by atoms with Crippen LogP contribution in [0.15, 0.2) is 0 Å². The predicted molar refractivity (Wildman–Crippen MR) is 59.1 cm³/mol. The van der Waals surface area contributed by atoms with Crippen LogP contribution in [0.25, 0.3) is 0 Å². The summed E-state index contributed by atoms with van der Waals surface area (Å²) in [5, 5.41) is 0. The number of piperidine rings is 1. The van der Waals surface area contributed by atoms with Crippen LogP contribution in [0.2, 0.25) is 0 Å². The molecule has 0 bridgehead atoms. The lowest BCUT2D eigenvalue weighted by Crippen LogP contribution is -2.38. The van der Waals surface area contributed by atoms with E-state index in [9.17, 15) is 4.79 Å². The van der Waals surface area contributed by atoms with E-state index in [2.05, 4.69) is 13.8 Å². The Bertz CT molecular complexity index is 191. The molecule has 1 heterocycles. The van der Waals surface area contributed by atoms with Crippen LogP contribution in [-0.2, 0) is 4.79 Å². The second-order valence-electron chi connectivity index (χ2n) is 4.72. The molecule has 0 N–H and O–H groups in total. The zero-order valence-electron chi connectivity index (χ0n) is 9.75. The van der Waals surface area contributed by atoms with Crippen LogP contribution in [0.5, 0.6) is 0 Å². The van der Waals surface area contributed by atoms with Crippen LogP contribution in [0, 0.1) is 11.8 Å². The van der Waals surface area contributed by atoms with Gasteiger partial charge in [0, 0.05) is 20.0 Å². The molecule has 1 amide bonds. The molecule has 2 atom stereocenters. The second kappa shape index (κ2) is 5.38. The molecule has 2 heteroatoms. The number of carbonyl (C=O) groups excluding carboxylic acids is 1. The minimum Gasteiger partial charge on any atom is -0.343 e. The summed E-state index contributed by atoms with van der Waals surface area (Å²) in [7, 11) is 0. The van der Waals surface area contributed by atoms with Crippen molar-refractivity contribution in [1.29, 1.82) is 0 Å². The van der Waals surface area contributed by atoms with Crippen LogP contribution in [0.3, 0.4) is 0 Å². The van der Waals surface area contributed by atoms with E-state index < -0.39 is 0 Å². The molecule has 14 heavy (non-hydrogen) atoms. The van der Waals surface area contributed by atoms with Gasteiger partial charge in [-0.05, 0) is 31.1 Å². The van der Waals surface area contributed by atoms with E-state index in [-0.39, 0.29) is 5.91 Å². The average molecular weight is 197 g/mol. The van der Waals surface area contributed by atoms with E-state index in [1.807, 2.05) is 4.90 Å². The number of carbonyl (C=O) groups is 1. The molecule has 0 radical (unpaired) electrons. The molecule has 0 saturated carbocycles. The normalized spacial score (nSPS) is 24.8. The Labute approximate surface area is 87.7 Å². The third-order valence-electron chi connectivity index (χ3n) is 3.40. The molecule has 1 aliphatic heterocycles. The van der Waals surface area contributed by atoms with E-state index in [0.29, 0.717) is 0 Å². The maximum Gasteiger partial charge on any atom is 0.219 e. The van der Waals surface area contributed by atoms with Crippen LogP contribution < -0.4 is 0 Å². The van der Waals surface area contributed by atoms with Gasteiger partial charge in [-0.25, -0.2) is 0 Å². The van der Waals surface area contributed by atoms with Gasteiger partial charge in [-0.3, -0.25) is 4.79 Å². The molecule has 82 valence electrons. The van der Waals surface area contributed by atoms with Crippen molar-refractivity contribution < 1.29 is 4.79 Å². The van der Waals surface area contributed by atoms with Gasteiger partial charge in [-0.1, -0.05) is 20.3 Å². The summed E-state index contributed by atoms with van der Waals surface area (Å²) in [5.41, 5.74) is 0. The quantitative estimate of drug-likeness (QED) is 0.681. The van der Waals surface area contributed by atoms with E-state index in [1.54, 1.807) is 6.92 Å². The summed E-state index contributed by atoms with van der Waals surface area (Å²) >= 11 is 0. The van der Waals surface area contributed by atoms with Crippen molar-refractivity contribution in [3.05, 3.63) is 0 Å². The Morgan fingerprint density at radius 2 is 2.29 bits per heavy atom. The molecular formula is C12H23NO. The zero-order chi connectivity index (χ0) is 10.6.